The second-order valence-electron chi connectivity index (χ2n) is 5.84. The van der Waals surface area contributed by atoms with E-state index in [9.17, 15) is 4.79 Å². The molecule has 2 aliphatic heterocycles. The summed E-state index contributed by atoms with van der Waals surface area (Å²) in [5.41, 5.74) is 0. The van der Waals surface area contributed by atoms with Gasteiger partial charge < -0.3 is 14.8 Å². The fraction of sp³-hybridized carbons (Fsp3) is 0.929. The highest BCUT2D eigenvalue weighted by molar-refractivity contribution is 7.99. The maximum absolute atomic E-state index is 12.1. The molecule has 1 amide bonds. The number of rotatable bonds is 3. The third-order valence-corrected chi connectivity index (χ3v) is 5.34. The summed E-state index contributed by atoms with van der Waals surface area (Å²) in [6.07, 6.45) is 3.72. The fourth-order valence-corrected chi connectivity index (χ4v) is 4.20. The summed E-state index contributed by atoms with van der Waals surface area (Å²) in [7, 11) is 0. The van der Waals surface area contributed by atoms with Gasteiger partial charge in [0.1, 0.15) is 0 Å². The Kier molecular flexibility index (Phi) is 4.86. The quantitative estimate of drug-likeness (QED) is 0.837. The van der Waals surface area contributed by atoms with Crippen LogP contribution in [0.4, 0.5) is 0 Å². The van der Waals surface area contributed by atoms with Gasteiger partial charge in [-0.15, -0.1) is 0 Å². The van der Waals surface area contributed by atoms with E-state index in [-0.39, 0.29) is 11.7 Å². The van der Waals surface area contributed by atoms with Crippen molar-refractivity contribution in [3.63, 3.8) is 0 Å². The van der Waals surface area contributed by atoms with E-state index in [4.69, 9.17) is 9.47 Å². The van der Waals surface area contributed by atoms with Gasteiger partial charge in [-0.2, -0.15) is 11.8 Å². The van der Waals surface area contributed by atoms with Crippen molar-refractivity contribution < 1.29 is 14.3 Å². The zero-order valence-electron chi connectivity index (χ0n) is 11.9. The highest BCUT2D eigenvalue weighted by Crippen LogP contribution is 2.35. The number of hydrogen-bond acceptors (Lipinski definition) is 5. The third kappa shape index (κ3) is 3.67. The van der Waals surface area contributed by atoms with Gasteiger partial charge in [0.15, 0.2) is 5.79 Å². The maximum atomic E-state index is 12.1. The predicted octanol–water partition coefficient (Wildman–Crippen LogP) is 0.837. The molecule has 0 radical (unpaired) electrons. The number of nitrogens with one attached hydrogen (secondary N) is 1. The van der Waals surface area contributed by atoms with E-state index in [2.05, 4.69) is 10.2 Å². The van der Waals surface area contributed by atoms with E-state index < -0.39 is 0 Å². The van der Waals surface area contributed by atoms with Crippen LogP contribution in [-0.2, 0) is 14.3 Å². The zero-order chi connectivity index (χ0) is 13.8. The van der Waals surface area contributed by atoms with Crippen molar-refractivity contribution in [3.8, 4) is 0 Å². The molecule has 6 heteroatoms. The summed E-state index contributed by atoms with van der Waals surface area (Å²) in [5.74, 6) is 2.14. The Hall–Kier alpha value is -0.300. The lowest BCUT2D eigenvalue weighted by molar-refractivity contribution is -0.180. The van der Waals surface area contributed by atoms with E-state index in [1.807, 2.05) is 11.8 Å². The van der Waals surface area contributed by atoms with E-state index in [0.29, 0.717) is 25.8 Å². The van der Waals surface area contributed by atoms with Gasteiger partial charge in [-0.25, -0.2) is 0 Å². The maximum Gasteiger partial charge on any atom is 0.234 e. The van der Waals surface area contributed by atoms with Crippen molar-refractivity contribution in [1.29, 1.82) is 0 Å². The molecule has 3 fully saturated rings. The summed E-state index contributed by atoms with van der Waals surface area (Å²) in [6.45, 7) is 4.05. The Bertz CT molecular complexity index is 331. The number of thioether (sulfide) groups is 1. The summed E-state index contributed by atoms with van der Waals surface area (Å²) >= 11 is 1.97. The monoisotopic (exact) mass is 300 g/mol. The molecule has 1 spiro atoms. The van der Waals surface area contributed by atoms with E-state index >= 15 is 0 Å². The number of amides is 1. The molecular weight excluding hydrogens is 276 g/mol. The minimum atomic E-state index is -0.328. The van der Waals surface area contributed by atoms with Gasteiger partial charge in [0, 0.05) is 43.5 Å². The van der Waals surface area contributed by atoms with Gasteiger partial charge >= 0.3 is 0 Å². The van der Waals surface area contributed by atoms with Crippen LogP contribution >= 0.6 is 11.8 Å². The molecule has 1 aliphatic carbocycles. The average molecular weight is 300 g/mol. The number of ether oxygens (including phenoxy) is 2. The normalized spacial score (nSPS) is 27.8. The lowest BCUT2D eigenvalue weighted by atomic mass is 9.90. The molecule has 0 aromatic carbocycles. The van der Waals surface area contributed by atoms with E-state index in [0.717, 1.165) is 50.3 Å². The lowest BCUT2D eigenvalue weighted by Crippen LogP contribution is -2.47. The van der Waals surface area contributed by atoms with Crippen LogP contribution in [0, 0.1) is 0 Å². The van der Waals surface area contributed by atoms with Crippen molar-refractivity contribution in [1.82, 2.24) is 10.2 Å². The molecule has 0 aromatic heterocycles. The molecule has 3 rings (SSSR count). The molecule has 2 heterocycles. The average Bonchev–Trinajstić information content (AvgIpc) is 2.91. The summed E-state index contributed by atoms with van der Waals surface area (Å²) in [6, 6.07) is 0.292. The van der Waals surface area contributed by atoms with Gasteiger partial charge in [0.25, 0.3) is 0 Å². The molecule has 114 valence electrons. The van der Waals surface area contributed by atoms with Crippen molar-refractivity contribution in [2.24, 2.45) is 0 Å². The highest BCUT2D eigenvalue weighted by atomic mass is 32.2. The molecule has 0 unspecified atom stereocenters. The Morgan fingerprint density at radius 3 is 2.50 bits per heavy atom. The van der Waals surface area contributed by atoms with Crippen LogP contribution < -0.4 is 5.32 Å². The fourth-order valence-electron chi connectivity index (χ4n) is 3.22. The lowest BCUT2D eigenvalue weighted by Gasteiger charge is -2.36. The van der Waals surface area contributed by atoms with E-state index in [1.54, 1.807) is 0 Å². The predicted molar refractivity (Wildman–Crippen MR) is 78.8 cm³/mol. The molecule has 1 N–H and O–H groups in total. The molecule has 20 heavy (non-hydrogen) atoms. The minimum absolute atomic E-state index is 0.172. The highest BCUT2D eigenvalue weighted by Gasteiger charge is 2.40. The molecule has 2 saturated heterocycles. The van der Waals surface area contributed by atoms with Gasteiger partial charge in [-0.1, -0.05) is 0 Å². The van der Waals surface area contributed by atoms with Crippen LogP contribution in [0.15, 0.2) is 0 Å². The van der Waals surface area contributed by atoms with E-state index in [1.165, 1.54) is 0 Å². The van der Waals surface area contributed by atoms with Crippen LogP contribution in [-0.4, -0.2) is 67.0 Å². The first-order valence-electron chi connectivity index (χ1n) is 7.63. The first-order valence-corrected chi connectivity index (χ1v) is 8.79. The summed E-state index contributed by atoms with van der Waals surface area (Å²) in [5, 5.41) is 3.17. The Balaban J connectivity index is 1.39. The number of carbonyl (C=O) groups excluding carboxylic acids is 1. The van der Waals surface area contributed by atoms with Crippen molar-refractivity contribution >= 4 is 17.7 Å². The number of carbonyl (C=O) groups is 1. The zero-order valence-corrected chi connectivity index (χ0v) is 12.8. The number of nitrogens with zero attached hydrogens (tertiary/aromatic N) is 1. The minimum Gasteiger partial charge on any atom is -0.352 e. The third-order valence-electron chi connectivity index (χ3n) is 4.40. The molecule has 0 aromatic rings. The van der Waals surface area contributed by atoms with Crippen LogP contribution in [0.3, 0.4) is 0 Å². The van der Waals surface area contributed by atoms with Crippen LogP contribution in [0.2, 0.25) is 0 Å². The largest absolute Gasteiger partial charge is 0.352 e. The Morgan fingerprint density at radius 1 is 1.20 bits per heavy atom. The summed E-state index contributed by atoms with van der Waals surface area (Å²) < 4.78 is 11.4. The van der Waals surface area contributed by atoms with Crippen LogP contribution in [0.5, 0.6) is 0 Å². The smallest absolute Gasteiger partial charge is 0.234 e. The standard InChI is InChI=1S/C14H24N2O3S/c17-13(11-16-5-9-20-10-6-16)15-12-1-3-14(4-2-12)18-7-8-19-14/h12H,1-11H2,(H,15,17). The van der Waals surface area contributed by atoms with Gasteiger partial charge in [0.05, 0.1) is 19.8 Å². The van der Waals surface area contributed by atoms with Crippen molar-refractivity contribution in [3.05, 3.63) is 0 Å². The molecule has 1 saturated carbocycles. The molecule has 0 bridgehead atoms. The van der Waals surface area contributed by atoms with Crippen molar-refractivity contribution in [2.45, 2.75) is 37.5 Å². The first kappa shape index (κ1) is 14.6. The molecule has 5 nitrogen and oxygen atoms in total. The first-order chi connectivity index (χ1) is 9.76. The second kappa shape index (κ2) is 6.64. The SMILES string of the molecule is O=C(CN1CCSCC1)NC1CCC2(CC1)OCCO2. The van der Waals surface area contributed by atoms with Gasteiger partial charge in [-0.3, -0.25) is 9.69 Å². The Labute approximate surface area is 124 Å². The Morgan fingerprint density at radius 2 is 1.85 bits per heavy atom. The topological polar surface area (TPSA) is 50.8 Å². The number of hydrogen-bond donors (Lipinski definition) is 1. The summed E-state index contributed by atoms with van der Waals surface area (Å²) in [4.78, 5) is 14.3. The van der Waals surface area contributed by atoms with Gasteiger partial charge in [-0.05, 0) is 12.8 Å². The molecule has 3 aliphatic rings. The second-order valence-corrected chi connectivity index (χ2v) is 7.06. The van der Waals surface area contributed by atoms with Crippen LogP contribution in [0.1, 0.15) is 25.7 Å². The van der Waals surface area contributed by atoms with Crippen molar-refractivity contribution in [2.75, 3.05) is 44.4 Å². The molecule has 0 atom stereocenters. The van der Waals surface area contributed by atoms with Crippen LogP contribution in [0.25, 0.3) is 0 Å². The molecular formula is C14H24N2O3S. The van der Waals surface area contributed by atoms with Gasteiger partial charge in [0.2, 0.25) is 5.91 Å².